The van der Waals surface area contributed by atoms with Crippen LogP contribution in [0.25, 0.3) is 0 Å². The summed E-state index contributed by atoms with van der Waals surface area (Å²) in [6.07, 6.45) is 1.52. The van der Waals surface area contributed by atoms with Gasteiger partial charge in [0, 0.05) is 17.9 Å². The van der Waals surface area contributed by atoms with Gasteiger partial charge in [-0.25, -0.2) is 17.2 Å². The van der Waals surface area contributed by atoms with Crippen LogP contribution >= 0.6 is 15.9 Å². The van der Waals surface area contributed by atoms with E-state index in [-0.39, 0.29) is 4.90 Å². The highest BCUT2D eigenvalue weighted by atomic mass is 79.9. The lowest BCUT2D eigenvalue weighted by atomic mass is 9.96. The molecule has 1 aliphatic rings. The molecule has 0 aliphatic carbocycles. The van der Waals surface area contributed by atoms with E-state index in [1.807, 2.05) is 6.92 Å². The van der Waals surface area contributed by atoms with Gasteiger partial charge in [-0.05, 0) is 37.0 Å². The molecule has 0 N–H and O–H groups in total. The molecule has 20 heavy (non-hydrogen) atoms. The van der Waals surface area contributed by atoms with Crippen LogP contribution in [-0.4, -0.2) is 30.6 Å². The lowest BCUT2D eigenvalue weighted by molar-refractivity contribution is 0.274. The molecule has 0 spiro atoms. The van der Waals surface area contributed by atoms with Crippen molar-refractivity contribution in [2.24, 2.45) is 5.92 Å². The molecule has 0 aromatic heterocycles. The molecule has 1 fully saturated rings. The van der Waals surface area contributed by atoms with Crippen molar-refractivity contribution in [3.63, 3.8) is 0 Å². The highest BCUT2D eigenvalue weighted by Crippen LogP contribution is 2.28. The normalized spacial score (nSPS) is 20.0. The van der Waals surface area contributed by atoms with Crippen LogP contribution in [0, 0.1) is 17.6 Å². The molecule has 112 valence electrons. The third-order valence-corrected chi connectivity index (χ3v) is 6.32. The number of piperidine rings is 1. The van der Waals surface area contributed by atoms with Crippen molar-refractivity contribution in [1.82, 2.24) is 4.31 Å². The highest BCUT2D eigenvalue weighted by Gasteiger charge is 2.31. The first-order valence-corrected chi connectivity index (χ1v) is 8.77. The molecule has 7 heteroatoms. The fraction of sp³-hybridized carbons (Fsp3) is 0.538. The number of alkyl halides is 1. The quantitative estimate of drug-likeness (QED) is 0.769. The number of hydrogen-bond acceptors (Lipinski definition) is 2. The molecule has 1 aromatic rings. The van der Waals surface area contributed by atoms with E-state index >= 15 is 0 Å². The topological polar surface area (TPSA) is 37.4 Å². The third kappa shape index (κ3) is 3.20. The number of benzene rings is 1. The van der Waals surface area contributed by atoms with Gasteiger partial charge < -0.3 is 0 Å². The Balaban J connectivity index is 2.17. The number of hydrogen-bond donors (Lipinski definition) is 0. The van der Waals surface area contributed by atoms with Gasteiger partial charge in [0.1, 0.15) is 0 Å². The summed E-state index contributed by atoms with van der Waals surface area (Å²) < 4.78 is 52.1. The molecule has 1 aromatic carbocycles. The van der Waals surface area contributed by atoms with Gasteiger partial charge in [-0.1, -0.05) is 22.9 Å². The second-order valence-corrected chi connectivity index (χ2v) is 8.38. The predicted molar refractivity (Wildman–Crippen MR) is 76.2 cm³/mol. The molecule has 1 atom stereocenters. The van der Waals surface area contributed by atoms with E-state index in [1.54, 1.807) is 0 Å². The first-order chi connectivity index (χ1) is 9.32. The standard InChI is InChI=1S/C13H16BrF2NO2S/c1-9(14)10-4-6-17(7-5-10)20(18,19)11-2-3-12(15)13(16)8-11/h2-3,8-10H,4-7H2,1H3. The Kier molecular flexibility index (Phi) is 4.81. The van der Waals surface area contributed by atoms with Crippen LogP contribution in [0.2, 0.25) is 0 Å². The summed E-state index contributed by atoms with van der Waals surface area (Å²) in [4.78, 5) is 0.150. The summed E-state index contributed by atoms with van der Waals surface area (Å²) in [6.45, 7) is 2.86. The van der Waals surface area contributed by atoms with E-state index in [0.717, 1.165) is 31.0 Å². The fourth-order valence-corrected chi connectivity index (χ4v) is 4.37. The summed E-state index contributed by atoms with van der Waals surface area (Å²) in [5.74, 6) is -1.75. The minimum atomic E-state index is -3.74. The number of sulfonamides is 1. The largest absolute Gasteiger partial charge is 0.243 e. The van der Waals surface area contributed by atoms with E-state index in [9.17, 15) is 17.2 Å². The van der Waals surface area contributed by atoms with Crippen molar-refractivity contribution in [2.75, 3.05) is 13.1 Å². The zero-order valence-electron chi connectivity index (χ0n) is 11.0. The van der Waals surface area contributed by atoms with Crippen LogP contribution in [0.5, 0.6) is 0 Å². The van der Waals surface area contributed by atoms with Crippen molar-refractivity contribution >= 4 is 26.0 Å². The van der Waals surface area contributed by atoms with Crippen LogP contribution in [0.1, 0.15) is 19.8 Å². The Morgan fingerprint density at radius 3 is 2.35 bits per heavy atom. The van der Waals surface area contributed by atoms with Gasteiger partial charge in [0.2, 0.25) is 10.0 Å². The zero-order chi connectivity index (χ0) is 14.9. The smallest absolute Gasteiger partial charge is 0.207 e. The molecule has 1 saturated heterocycles. The van der Waals surface area contributed by atoms with Gasteiger partial charge >= 0.3 is 0 Å². The van der Waals surface area contributed by atoms with Crippen molar-refractivity contribution in [1.29, 1.82) is 0 Å². The van der Waals surface area contributed by atoms with Gasteiger partial charge in [0.05, 0.1) is 4.90 Å². The van der Waals surface area contributed by atoms with Crippen LogP contribution in [-0.2, 0) is 10.0 Å². The number of halogens is 3. The first-order valence-electron chi connectivity index (χ1n) is 6.41. The molecule has 0 saturated carbocycles. The molecular weight excluding hydrogens is 352 g/mol. The average molecular weight is 368 g/mol. The van der Waals surface area contributed by atoms with E-state index < -0.39 is 21.7 Å². The van der Waals surface area contributed by atoms with Gasteiger partial charge in [0.15, 0.2) is 11.6 Å². The van der Waals surface area contributed by atoms with Crippen molar-refractivity contribution < 1.29 is 17.2 Å². The monoisotopic (exact) mass is 367 g/mol. The molecule has 1 aliphatic heterocycles. The fourth-order valence-electron chi connectivity index (χ4n) is 2.36. The summed E-state index contributed by atoms with van der Waals surface area (Å²) >= 11 is 3.51. The maximum Gasteiger partial charge on any atom is 0.243 e. The summed E-state index contributed by atoms with van der Waals surface area (Å²) in [6, 6.07) is 2.69. The third-order valence-electron chi connectivity index (χ3n) is 3.68. The second kappa shape index (κ2) is 6.07. The average Bonchev–Trinajstić information content (AvgIpc) is 2.41. The highest BCUT2D eigenvalue weighted by molar-refractivity contribution is 9.09. The summed E-state index contributed by atoms with van der Waals surface area (Å²) in [5, 5.41) is 0. The second-order valence-electron chi connectivity index (χ2n) is 4.99. The maximum atomic E-state index is 13.2. The number of rotatable bonds is 3. The Hall–Kier alpha value is -0.530. The Morgan fingerprint density at radius 1 is 1.25 bits per heavy atom. The van der Waals surface area contributed by atoms with Crippen LogP contribution in [0.4, 0.5) is 8.78 Å². The summed E-state index contributed by atoms with van der Waals surface area (Å²) in [5.41, 5.74) is 0. The van der Waals surface area contributed by atoms with E-state index in [2.05, 4.69) is 15.9 Å². The Morgan fingerprint density at radius 2 is 1.85 bits per heavy atom. The lowest BCUT2D eigenvalue weighted by Crippen LogP contribution is -2.39. The maximum absolute atomic E-state index is 13.2. The zero-order valence-corrected chi connectivity index (χ0v) is 13.4. The molecule has 0 bridgehead atoms. The Labute approximate surface area is 126 Å². The van der Waals surface area contributed by atoms with Gasteiger partial charge in [0.25, 0.3) is 0 Å². The van der Waals surface area contributed by atoms with Crippen molar-refractivity contribution in [3.05, 3.63) is 29.8 Å². The SMILES string of the molecule is CC(Br)C1CCN(S(=O)(=O)c2ccc(F)c(F)c2)CC1. The van der Waals surface area contributed by atoms with Gasteiger partial charge in [-0.2, -0.15) is 4.31 Å². The predicted octanol–water partition coefficient (Wildman–Crippen LogP) is 3.15. The van der Waals surface area contributed by atoms with Crippen LogP contribution < -0.4 is 0 Å². The molecule has 0 radical (unpaired) electrons. The Bertz CT molecular complexity index is 584. The molecule has 2 rings (SSSR count). The molecule has 1 heterocycles. The molecule has 0 amide bonds. The van der Waals surface area contributed by atoms with Gasteiger partial charge in [-0.15, -0.1) is 0 Å². The van der Waals surface area contributed by atoms with Crippen LogP contribution in [0.15, 0.2) is 23.1 Å². The minimum absolute atomic E-state index is 0.193. The molecule has 3 nitrogen and oxygen atoms in total. The van der Waals surface area contributed by atoms with Crippen molar-refractivity contribution in [3.8, 4) is 0 Å². The molecular formula is C13H16BrF2NO2S. The molecule has 1 unspecified atom stereocenters. The first kappa shape index (κ1) is 15.9. The number of nitrogens with zero attached hydrogens (tertiary/aromatic N) is 1. The van der Waals surface area contributed by atoms with E-state index in [0.29, 0.717) is 23.8 Å². The van der Waals surface area contributed by atoms with E-state index in [4.69, 9.17) is 0 Å². The van der Waals surface area contributed by atoms with Gasteiger partial charge in [-0.3, -0.25) is 0 Å². The van der Waals surface area contributed by atoms with Crippen molar-refractivity contribution in [2.45, 2.75) is 29.5 Å². The lowest BCUT2D eigenvalue weighted by Gasteiger charge is -2.32. The summed E-state index contributed by atoms with van der Waals surface area (Å²) in [7, 11) is -3.74. The van der Waals surface area contributed by atoms with E-state index in [1.165, 1.54) is 4.31 Å². The minimum Gasteiger partial charge on any atom is -0.207 e. The van der Waals surface area contributed by atoms with Crippen LogP contribution in [0.3, 0.4) is 0 Å².